The van der Waals surface area contributed by atoms with Crippen LogP contribution in [0.1, 0.15) is 0 Å². The predicted molar refractivity (Wildman–Crippen MR) is 92.7 cm³/mol. The quantitative estimate of drug-likeness (QED) is 0.520. The smallest absolute Gasteiger partial charge is 0.293 e. The van der Waals surface area contributed by atoms with Gasteiger partial charge in [-0.25, -0.2) is 0 Å². The highest BCUT2D eigenvalue weighted by atomic mass is 16.6. The average molecular weight is 353 g/mol. The molecule has 0 spiro atoms. The number of rotatable bonds is 4. The van der Waals surface area contributed by atoms with Gasteiger partial charge in [0.2, 0.25) is 5.82 Å². The van der Waals surface area contributed by atoms with E-state index in [1.54, 1.807) is 36.7 Å². The highest BCUT2D eigenvalue weighted by molar-refractivity contribution is 5.72. The van der Waals surface area contributed by atoms with Crippen LogP contribution in [-0.2, 0) is 4.74 Å². The molecule has 1 aliphatic rings. The van der Waals surface area contributed by atoms with Crippen LogP contribution >= 0.6 is 0 Å². The fraction of sp³-hybridized carbons (Fsp3) is 0.235. The molecule has 1 aliphatic heterocycles. The first-order chi connectivity index (χ1) is 12.7. The summed E-state index contributed by atoms with van der Waals surface area (Å²) in [5.74, 6) is 0.605. The van der Waals surface area contributed by atoms with E-state index in [9.17, 15) is 10.1 Å². The summed E-state index contributed by atoms with van der Waals surface area (Å²) in [6, 6.07) is 8.52. The number of nitro groups is 1. The highest BCUT2D eigenvalue weighted by Crippen LogP contribution is 2.33. The monoisotopic (exact) mass is 353 g/mol. The van der Waals surface area contributed by atoms with Crippen LogP contribution in [0, 0.1) is 10.1 Å². The minimum Gasteiger partial charge on any atom is -0.378 e. The Bertz CT molecular complexity index is 922. The second-order valence-electron chi connectivity index (χ2n) is 5.72. The molecule has 1 saturated heterocycles. The van der Waals surface area contributed by atoms with Gasteiger partial charge in [0, 0.05) is 37.1 Å². The number of morpholine rings is 1. The van der Waals surface area contributed by atoms with Gasteiger partial charge in [0.05, 0.1) is 23.7 Å². The number of pyridine rings is 1. The van der Waals surface area contributed by atoms with Crippen molar-refractivity contribution in [2.24, 2.45) is 0 Å². The molecule has 3 aromatic rings. The van der Waals surface area contributed by atoms with E-state index in [0.29, 0.717) is 54.8 Å². The fourth-order valence-corrected chi connectivity index (χ4v) is 2.83. The van der Waals surface area contributed by atoms with Gasteiger partial charge >= 0.3 is 0 Å². The largest absolute Gasteiger partial charge is 0.378 e. The number of aromatic nitrogens is 3. The van der Waals surface area contributed by atoms with E-state index < -0.39 is 4.92 Å². The second-order valence-corrected chi connectivity index (χ2v) is 5.72. The second kappa shape index (κ2) is 6.89. The van der Waals surface area contributed by atoms with Crippen LogP contribution in [0.5, 0.6) is 0 Å². The van der Waals surface area contributed by atoms with Crippen molar-refractivity contribution in [3.05, 3.63) is 52.8 Å². The van der Waals surface area contributed by atoms with E-state index in [1.807, 2.05) is 4.90 Å². The van der Waals surface area contributed by atoms with Crippen LogP contribution in [-0.4, -0.2) is 46.4 Å². The van der Waals surface area contributed by atoms with Crippen molar-refractivity contribution in [2.45, 2.75) is 0 Å². The normalized spacial score (nSPS) is 14.4. The van der Waals surface area contributed by atoms with Crippen LogP contribution < -0.4 is 4.90 Å². The number of anilines is 1. The lowest BCUT2D eigenvalue weighted by Crippen LogP contribution is -2.36. The summed E-state index contributed by atoms with van der Waals surface area (Å²) in [6.07, 6.45) is 3.26. The number of nitrogens with zero attached hydrogens (tertiary/aromatic N) is 5. The lowest BCUT2D eigenvalue weighted by atomic mass is 10.1. The molecule has 132 valence electrons. The first-order valence-electron chi connectivity index (χ1n) is 8.08. The molecule has 2 aromatic heterocycles. The molecule has 0 bridgehead atoms. The molecule has 0 unspecified atom stereocenters. The van der Waals surface area contributed by atoms with Crippen molar-refractivity contribution < 1.29 is 14.2 Å². The average Bonchev–Trinajstić information content (AvgIpc) is 3.19. The van der Waals surface area contributed by atoms with Gasteiger partial charge in [-0.15, -0.1) is 0 Å². The Kier molecular flexibility index (Phi) is 4.28. The Morgan fingerprint density at radius 3 is 2.73 bits per heavy atom. The van der Waals surface area contributed by atoms with E-state index >= 15 is 0 Å². The van der Waals surface area contributed by atoms with Crippen LogP contribution in [0.4, 0.5) is 11.4 Å². The van der Waals surface area contributed by atoms with E-state index in [0.717, 1.165) is 0 Å². The molecule has 4 rings (SSSR count). The number of benzene rings is 1. The first-order valence-corrected chi connectivity index (χ1v) is 8.08. The summed E-state index contributed by atoms with van der Waals surface area (Å²) in [7, 11) is 0. The topological polar surface area (TPSA) is 107 Å². The number of nitro benzene ring substituents is 1. The maximum atomic E-state index is 11.5. The minimum atomic E-state index is -0.392. The van der Waals surface area contributed by atoms with E-state index in [1.165, 1.54) is 6.07 Å². The molecular formula is C17H15N5O4. The number of hydrogen-bond acceptors (Lipinski definition) is 8. The maximum absolute atomic E-state index is 11.5. The molecule has 0 saturated carbocycles. The molecule has 26 heavy (non-hydrogen) atoms. The predicted octanol–water partition coefficient (Wildman–Crippen LogP) is 2.54. The van der Waals surface area contributed by atoms with E-state index in [4.69, 9.17) is 9.26 Å². The summed E-state index contributed by atoms with van der Waals surface area (Å²) in [5.41, 5.74) is 1.79. The Hall–Kier alpha value is -3.33. The van der Waals surface area contributed by atoms with Gasteiger partial charge in [-0.05, 0) is 24.3 Å². The zero-order chi connectivity index (χ0) is 17.9. The standard InChI is InChI=1S/C17H15N5O4/c23-22(24)15-10-12(3-4-14(15)21-6-8-25-9-7-21)16-19-17(26-20-16)13-2-1-5-18-11-13/h1-5,10-11H,6-9H2. The summed E-state index contributed by atoms with van der Waals surface area (Å²) in [5, 5.41) is 15.5. The molecule has 0 N–H and O–H groups in total. The molecule has 0 radical (unpaired) electrons. The SMILES string of the molecule is O=[N+]([O-])c1cc(-c2noc(-c3cccnc3)n2)ccc1N1CCOCC1. The third-order valence-corrected chi connectivity index (χ3v) is 4.12. The van der Waals surface area contributed by atoms with Crippen molar-refractivity contribution in [1.82, 2.24) is 15.1 Å². The maximum Gasteiger partial charge on any atom is 0.293 e. The summed E-state index contributed by atoms with van der Waals surface area (Å²) >= 11 is 0. The van der Waals surface area contributed by atoms with Gasteiger partial charge in [0.15, 0.2) is 0 Å². The molecule has 9 heteroatoms. The van der Waals surface area contributed by atoms with Crippen LogP contribution in [0.3, 0.4) is 0 Å². The van der Waals surface area contributed by atoms with Crippen molar-refractivity contribution in [3.63, 3.8) is 0 Å². The van der Waals surface area contributed by atoms with Gasteiger partial charge in [-0.3, -0.25) is 15.1 Å². The Morgan fingerprint density at radius 1 is 1.15 bits per heavy atom. The van der Waals surface area contributed by atoms with Crippen LogP contribution in [0.25, 0.3) is 22.8 Å². The molecule has 0 amide bonds. The Balaban J connectivity index is 1.68. The van der Waals surface area contributed by atoms with Gasteiger partial charge in [-0.2, -0.15) is 4.98 Å². The fourth-order valence-electron chi connectivity index (χ4n) is 2.83. The zero-order valence-corrected chi connectivity index (χ0v) is 13.7. The third-order valence-electron chi connectivity index (χ3n) is 4.12. The van der Waals surface area contributed by atoms with Crippen LogP contribution in [0.15, 0.2) is 47.2 Å². The summed E-state index contributed by atoms with van der Waals surface area (Å²) in [4.78, 5) is 21.4. The Morgan fingerprint density at radius 2 is 2.00 bits per heavy atom. The summed E-state index contributed by atoms with van der Waals surface area (Å²) in [6.45, 7) is 2.34. The lowest BCUT2D eigenvalue weighted by Gasteiger charge is -2.28. The minimum absolute atomic E-state index is 0.0112. The van der Waals surface area contributed by atoms with Gasteiger partial charge in [0.25, 0.3) is 11.6 Å². The number of ether oxygens (including phenoxy) is 1. The molecular weight excluding hydrogens is 338 g/mol. The molecule has 0 atom stereocenters. The lowest BCUT2D eigenvalue weighted by molar-refractivity contribution is -0.384. The molecule has 3 heterocycles. The van der Waals surface area contributed by atoms with Gasteiger partial charge in [-0.1, -0.05) is 5.16 Å². The van der Waals surface area contributed by atoms with Crippen LogP contribution in [0.2, 0.25) is 0 Å². The van der Waals surface area contributed by atoms with E-state index in [-0.39, 0.29) is 5.69 Å². The van der Waals surface area contributed by atoms with Crippen molar-refractivity contribution in [2.75, 3.05) is 31.2 Å². The molecule has 0 aliphatic carbocycles. The molecule has 1 aromatic carbocycles. The zero-order valence-electron chi connectivity index (χ0n) is 13.7. The van der Waals surface area contributed by atoms with Gasteiger partial charge < -0.3 is 14.2 Å². The van der Waals surface area contributed by atoms with Crippen molar-refractivity contribution in [1.29, 1.82) is 0 Å². The van der Waals surface area contributed by atoms with Gasteiger partial charge in [0.1, 0.15) is 5.69 Å². The highest BCUT2D eigenvalue weighted by Gasteiger charge is 2.23. The third kappa shape index (κ3) is 3.11. The van der Waals surface area contributed by atoms with Crippen molar-refractivity contribution in [3.8, 4) is 22.8 Å². The summed E-state index contributed by atoms with van der Waals surface area (Å²) < 4.78 is 10.6. The first kappa shape index (κ1) is 16.2. The van der Waals surface area contributed by atoms with E-state index in [2.05, 4.69) is 15.1 Å². The van der Waals surface area contributed by atoms with Crippen molar-refractivity contribution >= 4 is 11.4 Å². The Labute approximate surface area is 148 Å². The number of hydrogen-bond donors (Lipinski definition) is 0. The molecule has 1 fully saturated rings. The molecule has 9 nitrogen and oxygen atoms in total.